The highest BCUT2D eigenvalue weighted by molar-refractivity contribution is 6.04. The molecule has 8 nitrogen and oxygen atoms in total. The summed E-state index contributed by atoms with van der Waals surface area (Å²) in [7, 11) is 1.51. The predicted octanol–water partition coefficient (Wildman–Crippen LogP) is 4.30. The van der Waals surface area contributed by atoms with Gasteiger partial charge in [0, 0.05) is 43.0 Å². The second-order valence-electron chi connectivity index (χ2n) is 8.52. The van der Waals surface area contributed by atoms with E-state index in [1.54, 1.807) is 35.6 Å². The summed E-state index contributed by atoms with van der Waals surface area (Å²) in [6.45, 7) is 4.83. The van der Waals surface area contributed by atoms with Gasteiger partial charge >= 0.3 is 0 Å². The molecular formula is C27H24FN5O3. The zero-order chi connectivity index (χ0) is 25.2. The fraction of sp³-hybridized carbons (Fsp3) is 0.185. The van der Waals surface area contributed by atoms with Crippen LogP contribution in [0.15, 0.2) is 73.8 Å². The lowest BCUT2D eigenvalue weighted by molar-refractivity contribution is -0.125. The Balaban J connectivity index is 1.44. The Morgan fingerprint density at radius 1 is 1.19 bits per heavy atom. The molecule has 9 heteroatoms. The Bertz CT molecular complexity index is 1480. The van der Waals surface area contributed by atoms with E-state index < -0.39 is 11.7 Å². The molecule has 0 bridgehead atoms. The number of nitrogens with zero attached hydrogens (tertiary/aromatic N) is 4. The first-order chi connectivity index (χ1) is 17.5. The van der Waals surface area contributed by atoms with Crippen LogP contribution in [0, 0.1) is 5.82 Å². The molecule has 5 rings (SSSR count). The van der Waals surface area contributed by atoms with E-state index in [9.17, 15) is 9.59 Å². The van der Waals surface area contributed by atoms with Crippen LogP contribution in [0.5, 0.6) is 5.75 Å². The molecule has 1 aliphatic heterocycles. The zero-order valence-electron chi connectivity index (χ0n) is 19.6. The summed E-state index contributed by atoms with van der Waals surface area (Å²) in [6, 6.07) is 11.6. The number of halogens is 1. The maximum atomic E-state index is 15.1. The van der Waals surface area contributed by atoms with Crippen molar-refractivity contribution >= 4 is 23.1 Å². The molecule has 2 amide bonds. The average Bonchev–Trinajstić information content (AvgIpc) is 3.53. The topological polar surface area (TPSA) is 88.8 Å². The fourth-order valence-electron chi connectivity index (χ4n) is 4.62. The van der Waals surface area contributed by atoms with E-state index in [2.05, 4.69) is 21.9 Å². The van der Waals surface area contributed by atoms with Gasteiger partial charge in [0.15, 0.2) is 0 Å². The summed E-state index contributed by atoms with van der Waals surface area (Å²) < 4.78 is 22.2. The van der Waals surface area contributed by atoms with Crippen molar-refractivity contribution in [1.29, 1.82) is 0 Å². The van der Waals surface area contributed by atoms with Crippen molar-refractivity contribution in [3.63, 3.8) is 0 Å². The number of ether oxygens (including phenoxy) is 1. The van der Waals surface area contributed by atoms with Gasteiger partial charge in [-0.3, -0.25) is 9.59 Å². The normalized spacial score (nSPS) is 15.2. The van der Waals surface area contributed by atoms with Crippen LogP contribution in [0.25, 0.3) is 16.8 Å². The molecule has 1 aromatic carbocycles. The molecule has 182 valence electrons. The van der Waals surface area contributed by atoms with Gasteiger partial charge in [-0.15, -0.1) is 0 Å². The third kappa shape index (κ3) is 4.31. The van der Waals surface area contributed by atoms with Crippen LogP contribution < -0.4 is 10.1 Å². The van der Waals surface area contributed by atoms with Crippen molar-refractivity contribution in [3.05, 3.63) is 90.8 Å². The number of anilines is 1. The van der Waals surface area contributed by atoms with Gasteiger partial charge in [0.05, 0.1) is 30.2 Å². The average molecular weight is 486 g/mol. The van der Waals surface area contributed by atoms with Gasteiger partial charge in [-0.25, -0.2) is 14.4 Å². The highest BCUT2D eigenvalue weighted by Gasteiger charge is 2.29. The van der Waals surface area contributed by atoms with Crippen molar-refractivity contribution in [2.24, 2.45) is 0 Å². The van der Waals surface area contributed by atoms with E-state index in [1.165, 1.54) is 31.5 Å². The van der Waals surface area contributed by atoms with Crippen molar-refractivity contribution in [3.8, 4) is 17.0 Å². The van der Waals surface area contributed by atoms with Crippen molar-refractivity contribution in [2.45, 2.75) is 12.3 Å². The van der Waals surface area contributed by atoms with Crippen LogP contribution in [0.2, 0.25) is 0 Å². The molecule has 1 aliphatic rings. The largest absolute Gasteiger partial charge is 0.497 e. The number of hydrogen-bond donors (Lipinski definition) is 1. The van der Waals surface area contributed by atoms with Gasteiger partial charge in [-0.2, -0.15) is 0 Å². The summed E-state index contributed by atoms with van der Waals surface area (Å²) in [5.74, 6) is -0.415. The van der Waals surface area contributed by atoms with Crippen LogP contribution in [-0.2, 0) is 4.79 Å². The molecule has 36 heavy (non-hydrogen) atoms. The smallest absolute Gasteiger partial charge is 0.259 e. The van der Waals surface area contributed by atoms with E-state index in [0.29, 0.717) is 24.4 Å². The molecule has 1 saturated heterocycles. The Labute approximate surface area is 207 Å². The van der Waals surface area contributed by atoms with Gasteiger partial charge in [0.1, 0.15) is 17.4 Å². The first-order valence-corrected chi connectivity index (χ1v) is 11.5. The number of carbonyl (C=O) groups is 2. The molecule has 0 saturated carbocycles. The van der Waals surface area contributed by atoms with Gasteiger partial charge in [0.2, 0.25) is 5.91 Å². The van der Waals surface area contributed by atoms with E-state index in [0.717, 1.165) is 23.2 Å². The predicted molar refractivity (Wildman–Crippen MR) is 133 cm³/mol. The number of aromatic nitrogens is 3. The first-order valence-electron chi connectivity index (χ1n) is 11.5. The standard InChI is InChI=1S/C27H24FN5O3/c1-3-26(34)32-11-8-18(15-32)21-14-24(33-16-29-9-7-23(21)33)17-4-5-20(22(28)12-17)27(35)31-25-13-19(36-2)6-10-30-25/h3-7,9-10,12-14,16,18H,1,8,11,15H2,2H3,(H,30,31,35). The van der Waals surface area contributed by atoms with Crippen LogP contribution in [0.4, 0.5) is 10.2 Å². The van der Waals surface area contributed by atoms with Crippen LogP contribution in [0.1, 0.15) is 28.3 Å². The first kappa shape index (κ1) is 23.2. The molecule has 1 fully saturated rings. The van der Waals surface area contributed by atoms with E-state index in [1.807, 2.05) is 16.5 Å². The number of hydrogen-bond acceptors (Lipinski definition) is 5. The lowest BCUT2D eigenvalue weighted by Crippen LogP contribution is -2.26. The van der Waals surface area contributed by atoms with E-state index in [-0.39, 0.29) is 23.2 Å². The lowest BCUT2D eigenvalue weighted by atomic mass is 9.98. The van der Waals surface area contributed by atoms with Crippen LogP contribution >= 0.6 is 0 Å². The second kappa shape index (κ2) is 9.61. The van der Waals surface area contributed by atoms with E-state index >= 15 is 4.39 Å². The summed E-state index contributed by atoms with van der Waals surface area (Å²) in [5.41, 5.74) is 3.27. The Morgan fingerprint density at radius 2 is 2.06 bits per heavy atom. The fourth-order valence-corrected chi connectivity index (χ4v) is 4.62. The van der Waals surface area contributed by atoms with E-state index in [4.69, 9.17) is 4.74 Å². The van der Waals surface area contributed by atoms with Crippen molar-refractivity contribution < 1.29 is 18.7 Å². The van der Waals surface area contributed by atoms with Crippen LogP contribution in [-0.4, -0.2) is 51.3 Å². The Morgan fingerprint density at radius 3 is 2.83 bits per heavy atom. The van der Waals surface area contributed by atoms with Gasteiger partial charge < -0.3 is 19.4 Å². The highest BCUT2D eigenvalue weighted by Crippen LogP contribution is 2.35. The maximum absolute atomic E-state index is 15.1. The van der Waals surface area contributed by atoms with Gasteiger partial charge in [-0.1, -0.05) is 12.6 Å². The Kier molecular flexibility index (Phi) is 6.20. The number of amides is 2. The number of likely N-dealkylation sites (tertiary alicyclic amines) is 1. The molecule has 0 radical (unpaired) electrons. The SMILES string of the molecule is C=CC(=O)N1CCC(c2cc(-c3ccc(C(=O)Nc4cc(OC)ccn4)c(F)c3)n3cnccc23)C1. The van der Waals surface area contributed by atoms with Crippen molar-refractivity contribution in [2.75, 3.05) is 25.5 Å². The van der Waals surface area contributed by atoms with Crippen LogP contribution in [0.3, 0.4) is 0 Å². The highest BCUT2D eigenvalue weighted by atomic mass is 19.1. The molecule has 4 aromatic rings. The number of carbonyl (C=O) groups excluding carboxylic acids is 2. The minimum Gasteiger partial charge on any atom is -0.497 e. The number of nitrogens with one attached hydrogen (secondary N) is 1. The molecule has 3 aromatic heterocycles. The maximum Gasteiger partial charge on any atom is 0.259 e. The summed E-state index contributed by atoms with van der Waals surface area (Å²) in [5, 5.41) is 2.60. The molecule has 1 unspecified atom stereocenters. The summed E-state index contributed by atoms with van der Waals surface area (Å²) in [6.07, 6.45) is 7.05. The molecule has 1 N–H and O–H groups in total. The lowest BCUT2D eigenvalue weighted by Gasteiger charge is -2.13. The third-order valence-electron chi connectivity index (χ3n) is 6.44. The molecule has 4 heterocycles. The van der Waals surface area contributed by atoms with Crippen molar-refractivity contribution in [1.82, 2.24) is 19.3 Å². The minimum atomic E-state index is -0.656. The quantitative estimate of drug-likeness (QED) is 0.412. The molecule has 1 atom stereocenters. The molecule has 0 aliphatic carbocycles. The number of fused-ring (bicyclic) bond motifs is 1. The Hall–Kier alpha value is -4.53. The minimum absolute atomic E-state index is 0.0806. The summed E-state index contributed by atoms with van der Waals surface area (Å²) >= 11 is 0. The molecule has 0 spiro atoms. The number of rotatable bonds is 6. The summed E-state index contributed by atoms with van der Waals surface area (Å²) in [4.78, 5) is 34.8. The number of methoxy groups -OCH3 is 1. The van der Waals surface area contributed by atoms with Gasteiger partial charge in [-0.05, 0) is 48.4 Å². The van der Waals surface area contributed by atoms with Gasteiger partial charge in [0.25, 0.3) is 5.91 Å². The molecular weight excluding hydrogens is 461 g/mol. The number of benzene rings is 1. The second-order valence-corrected chi connectivity index (χ2v) is 8.52. The number of pyridine rings is 1. The third-order valence-corrected chi connectivity index (χ3v) is 6.44. The zero-order valence-corrected chi connectivity index (χ0v) is 19.6. The monoisotopic (exact) mass is 485 g/mol.